The molecule has 0 unspecified atom stereocenters. The largest absolute Gasteiger partial charge is 0.465 e. The van der Waals surface area contributed by atoms with E-state index < -0.39 is 5.97 Å². The standard InChI is InChI=1S/C19H22N2O3/c1-4-14(2)21(13-15-9-11-20-12-10-15)18(22)16-5-7-17(8-6-16)19(23)24-3/h5-12,14H,4,13H2,1-3H3/t14-/m1/s1. The highest BCUT2D eigenvalue weighted by molar-refractivity contribution is 5.96. The van der Waals surface area contributed by atoms with E-state index in [4.69, 9.17) is 0 Å². The van der Waals surface area contributed by atoms with Crippen LogP contribution in [0.25, 0.3) is 0 Å². The van der Waals surface area contributed by atoms with E-state index in [0.29, 0.717) is 17.7 Å². The van der Waals surface area contributed by atoms with Crippen LogP contribution in [0.2, 0.25) is 0 Å². The van der Waals surface area contributed by atoms with Crippen LogP contribution >= 0.6 is 0 Å². The summed E-state index contributed by atoms with van der Waals surface area (Å²) in [5.41, 5.74) is 2.01. The lowest BCUT2D eigenvalue weighted by Gasteiger charge is -2.29. The number of nitrogens with zero attached hydrogens (tertiary/aromatic N) is 2. The van der Waals surface area contributed by atoms with Crippen molar-refractivity contribution in [1.29, 1.82) is 0 Å². The number of methoxy groups -OCH3 is 1. The molecule has 126 valence electrons. The lowest BCUT2D eigenvalue weighted by atomic mass is 10.1. The molecule has 0 N–H and O–H groups in total. The number of amides is 1. The van der Waals surface area contributed by atoms with Crippen molar-refractivity contribution in [1.82, 2.24) is 9.88 Å². The summed E-state index contributed by atoms with van der Waals surface area (Å²) >= 11 is 0. The fourth-order valence-corrected chi connectivity index (χ4v) is 2.37. The average molecular weight is 326 g/mol. The van der Waals surface area contributed by atoms with E-state index in [0.717, 1.165) is 12.0 Å². The molecule has 0 radical (unpaired) electrons. The van der Waals surface area contributed by atoms with Gasteiger partial charge in [0.25, 0.3) is 5.91 Å². The van der Waals surface area contributed by atoms with Crippen LogP contribution in [0, 0.1) is 0 Å². The first-order valence-electron chi connectivity index (χ1n) is 7.95. The summed E-state index contributed by atoms with van der Waals surface area (Å²) in [6.45, 7) is 4.61. The minimum Gasteiger partial charge on any atom is -0.465 e. The summed E-state index contributed by atoms with van der Waals surface area (Å²) in [4.78, 5) is 30.2. The molecule has 1 amide bonds. The Hall–Kier alpha value is -2.69. The molecule has 0 bridgehead atoms. The minimum absolute atomic E-state index is 0.0578. The van der Waals surface area contributed by atoms with E-state index in [1.807, 2.05) is 24.0 Å². The number of pyridine rings is 1. The number of rotatable bonds is 6. The number of benzene rings is 1. The predicted molar refractivity (Wildman–Crippen MR) is 91.6 cm³/mol. The van der Waals surface area contributed by atoms with Crippen molar-refractivity contribution < 1.29 is 14.3 Å². The van der Waals surface area contributed by atoms with Crippen LogP contribution in [0.15, 0.2) is 48.8 Å². The fourth-order valence-electron chi connectivity index (χ4n) is 2.37. The third-order valence-electron chi connectivity index (χ3n) is 4.04. The number of ether oxygens (including phenoxy) is 1. The number of carbonyl (C=O) groups is 2. The molecule has 0 fully saturated rings. The highest BCUT2D eigenvalue weighted by atomic mass is 16.5. The highest BCUT2D eigenvalue weighted by Gasteiger charge is 2.21. The molecule has 0 spiro atoms. The van der Waals surface area contributed by atoms with Crippen molar-refractivity contribution in [2.45, 2.75) is 32.9 Å². The second-order valence-electron chi connectivity index (χ2n) is 5.61. The van der Waals surface area contributed by atoms with Crippen molar-refractivity contribution in [2.24, 2.45) is 0 Å². The SMILES string of the molecule is CC[C@@H](C)N(Cc1ccncc1)C(=O)c1ccc(C(=O)OC)cc1. The topological polar surface area (TPSA) is 59.5 Å². The molecule has 0 saturated heterocycles. The van der Waals surface area contributed by atoms with Gasteiger partial charge in [-0.15, -0.1) is 0 Å². The van der Waals surface area contributed by atoms with Gasteiger partial charge in [-0.3, -0.25) is 9.78 Å². The van der Waals surface area contributed by atoms with E-state index in [9.17, 15) is 9.59 Å². The quantitative estimate of drug-likeness (QED) is 0.764. The van der Waals surface area contributed by atoms with E-state index >= 15 is 0 Å². The van der Waals surface area contributed by atoms with Crippen molar-refractivity contribution in [3.8, 4) is 0 Å². The maximum absolute atomic E-state index is 12.9. The Morgan fingerprint density at radius 1 is 1.08 bits per heavy atom. The summed E-state index contributed by atoms with van der Waals surface area (Å²) in [5.74, 6) is -0.470. The molecule has 1 atom stereocenters. The monoisotopic (exact) mass is 326 g/mol. The Kier molecular flexibility index (Phi) is 6.07. The zero-order valence-electron chi connectivity index (χ0n) is 14.2. The Labute approximate surface area is 142 Å². The van der Waals surface area contributed by atoms with Crippen molar-refractivity contribution in [3.05, 3.63) is 65.5 Å². The van der Waals surface area contributed by atoms with Gasteiger partial charge in [0.05, 0.1) is 12.7 Å². The molecule has 2 aromatic rings. The first-order valence-corrected chi connectivity index (χ1v) is 7.95. The molecule has 0 aliphatic carbocycles. The second-order valence-corrected chi connectivity index (χ2v) is 5.61. The van der Waals surface area contributed by atoms with Crippen molar-refractivity contribution in [3.63, 3.8) is 0 Å². The summed E-state index contributed by atoms with van der Waals surface area (Å²) in [6.07, 6.45) is 4.30. The lowest BCUT2D eigenvalue weighted by molar-refractivity contribution is 0.0598. The Bertz CT molecular complexity index is 684. The highest BCUT2D eigenvalue weighted by Crippen LogP contribution is 2.16. The van der Waals surface area contributed by atoms with E-state index in [1.54, 1.807) is 36.7 Å². The average Bonchev–Trinajstić information content (AvgIpc) is 2.65. The molecule has 0 aliphatic rings. The molecule has 1 aromatic carbocycles. The second kappa shape index (κ2) is 8.24. The molecule has 1 heterocycles. The van der Waals surface area contributed by atoms with Crippen LogP contribution in [0.4, 0.5) is 0 Å². The summed E-state index contributed by atoms with van der Waals surface area (Å²) in [7, 11) is 1.33. The molecule has 1 aromatic heterocycles. The molecule has 0 saturated carbocycles. The Morgan fingerprint density at radius 2 is 1.67 bits per heavy atom. The predicted octanol–water partition coefficient (Wildman–Crippen LogP) is 3.31. The summed E-state index contributed by atoms with van der Waals surface area (Å²) in [6, 6.07) is 10.5. The van der Waals surface area contributed by atoms with Gasteiger partial charge in [-0.05, 0) is 55.3 Å². The van der Waals surface area contributed by atoms with Crippen LogP contribution in [0.5, 0.6) is 0 Å². The zero-order valence-corrected chi connectivity index (χ0v) is 14.2. The number of carbonyl (C=O) groups excluding carboxylic acids is 2. The number of esters is 1. The number of hydrogen-bond acceptors (Lipinski definition) is 4. The van der Waals surface area contributed by atoms with Gasteiger partial charge in [-0.25, -0.2) is 4.79 Å². The van der Waals surface area contributed by atoms with Crippen molar-refractivity contribution >= 4 is 11.9 Å². The number of aromatic nitrogens is 1. The van der Waals surface area contributed by atoms with Crippen LogP contribution in [0.3, 0.4) is 0 Å². The summed E-state index contributed by atoms with van der Waals surface area (Å²) in [5, 5.41) is 0. The molecule has 0 aliphatic heterocycles. The molecule has 2 rings (SSSR count). The third kappa shape index (κ3) is 4.19. The normalized spacial score (nSPS) is 11.6. The van der Waals surface area contributed by atoms with Gasteiger partial charge in [0.15, 0.2) is 0 Å². The van der Waals surface area contributed by atoms with Gasteiger partial charge in [0, 0.05) is 30.5 Å². The van der Waals surface area contributed by atoms with Gasteiger partial charge < -0.3 is 9.64 Å². The first kappa shape index (κ1) is 17.7. The Morgan fingerprint density at radius 3 is 2.21 bits per heavy atom. The van der Waals surface area contributed by atoms with Crippen LogP contribution in [-0.2, 0) is 11.3 Å². The zero-order chi connectivity index (χ0) is 17.5. The van der Waals surface area contributed by atoms with Crippen LogP contribution in [-0.4, -0.2) is 34.9 Å². The van der Waals surface area contributed by atoms with E-state index in [1.165, 1.54) is 7.11 Å². The molecular weight excluding hydrogens is 304 g/mol. The summed E-state index contributed by atoms with van der Waals surface area (Å²) < 4.78 is 4.68. The molecule has 5 heteroatoms. The fraction of sp³-hybridized carbons (Fsp3) is 0.316. The van der Waals surface area contributed by atoms with Gasteiger partial charge in [-0.2, -0.15) is 0 Å². The maximum Gasteiger partial charge on any atom is 0.337 e. The lowest BCUT2D eigenvalue weighted by Crippen LogP contribution is -2.37. The molecular formula is C19H22N2O3. The van der Waals surface area contributed by atoms with Gasteiger partial charge >= 0.3 is 5.97 Å². The first-order chi connectivity index (χ1) is 11.6. The smallest absolute Gasteiger partial charge is 0.337 e. The molecule has 24 heavy (non-hydrogen) atoms. The van der Waals surface area contributed by atoms with Gasteiger partial charge in [0.1, 0.15) is 0 Å². The van der Waals surface area contributed by atoms with Crippen molar-refractivity contribution in [2.75, 3.05) is 7.11 Å². The van der Waals surface area contributed by atoms with Crippen LogP contribution < -0.4 is 0 Å². The van der Waals surface area contributed by atoms with Crippen LogP contribution in [0.1, 0.15) is 46.5 Å². The third-order valence-corrected chi connectivity index (χ3v) is 4.04. The maximum atomic E-state index is 12.9. The van der Waals surface area contributed by atoms with E-state index in [-0.39, 0.29) is 11.9 Å². The molecule has 5 nitrogen and oxygen atoms in total. The van der Waals surface area contributed by atoms with Gasteiger partial charge in [0.2, 0.25) is 0 Å². The minimum atomic E-state index is -0.412. The van der Waals surface area contributed by atoms with Gasteiger partial charge in [-0.1, -0.05) is 6.92 Å². The van der Waals surface area contributed by atoms with E-state index in [2.05, 4.69) is 16.6 Å². The number of hydrogen-bond donors (Lipinski definition) is 0. The Balaban J connectivity index is 2.22.